The van der Waals surface area contributed by atoms with Crippen LogP contribution in [0.1, 0.15) is 25.0 Å². The Hall–Kier alpha value is -1.59. The number of benzene rings is 1. The molecule has 2 unspecified atom stereocenters. The SMILES string of the molecule is CC(=O)NCCC(O)C(O)c1ccc(N=C=S)cc1. The molecule has 0 spiro atoms. The minimum Gasteiger partial charge on any atom is -0.390 e. The summed E-state index contributed by atoms with van der Waals surface area (Å²) in [6.07, 6.45) is -1.66. The Labute approximate surface area is 117 Å². The summed E-state index contributed by atoms with van der Waals surface area (Å²) >= 11 is 4.49. The Kier molecular flexibility index (Phi) is 6.32. The van der Waals surface area contributed by atoms with Gasteiger partial charge in [-0.2, -0.15) is 4.99 Å². The molecule has 6 heteroatoms. The van der Waals surface area contributed by atoms with E-state index < -0.39 is 12.2 Å². The monoisotopic (exact) mass is 280 g/mol. The number of isothiocyanates is 1. The summed E-state index contributed by atoms with van der Waals surface area (Å²) in [7, 11) is 0. The van der Waals surface area contributed by atoms with Crippen molar-refractivity contribution in [2.24, 2.45) is 4.99 Å². The van der Waals surface area contributed by atoms with E-state index in [0.717, 1.165) is 0 Å². The zero-order chi connectivity index (χ0) is 14.3. The molecule has 0 aliphatic rings. The lowest BCUT2D eigenvalue weighted by atomic mass is 10.0. The fourth-order valence-electron chi connectivity index (χ4n) is 1.57. The normalized spacial score (nSPS) is 13.2. The van der Waals surface area contributed by atoms with Crippen LogP contribution >= 0.6 is 12.2 Å². The van der Waals surface area contributed by atoms with E-state index in [2.05, 4.69) is 27.7 Å². The lowest BCUT2D eigenvalue weighted by Crippen LogP contribution is -2.27. The summed E-state index contributed by atoms with van der Waals surface area (Å²) in [5.74, 6) is -0.163. The van der Waals surface area contributed by atoms with Gasteiger partial charge in [-0.25, -0.2) is 0 Å². The van der Waals surface area contributed by atoms with Crippen molar-refractivity contribution in [1.82, 2.24) is 5.32 Å². The van der Waals surface area contributed by atoms with Crippen molar-refractivity contribution in [2.45, 2.75) is 25.6 Å². The summed E-state index contributed by atoms with van der Waals surface area (Å²) < 4.78 is 0. The first-order valence-electron chi connectivity index (χ1n) is 5.83. The largest absolute Gasteiger partial charge is 0.390 e. The highest BCUT2D eigenvalue weighted by Crippen LogP contribution is 2.21. The molecule has 19 heavy (non-hydrogen) atoms. The number of nitrogens with zero attached hydrogens (tertiary/aromatic N) is 1. The molecule has 0 aromatic heterocycles. The van der Waals surface area contributed by atoms with Crippen LogP contribution in [0, 0.1) is 0 Å². The number of thiocarbonyl (C=S) groups is 1. The number of rotatable bonds is 6. The number of aliphatic hydroxyl groups excluding tert-OH is 2. The van der Waals surface area contributed by atoms with Gasteiger partial charge in [0.2, 0.25) is 5.91 Å². The second-order valence-electron chi connectivity index (χ2n) is 4.08. The zero-order valence-corrected chi connectivity index (χ0v) is 11.4. The van der Waals surface area contributed by atoms with Crippen LogP contribution in [0.3, 0.4) is 0 Å². The highest BCUT2D eigenvalue weighted by atomic mass is 32.1. The number of carbonyl (C=O) groups excluding carboxylic acids is 1. The number of hydrogen-bond donors (Lipinski definition) is 3. The molecule has 102 valence electrons. The van der Waals surface area contributed by atoms with E-state index in [4.69, 9.17) is 0 Å². The van der Waals surface area contributed by atoms with E-state index in [1.165, 1.54) is 6.92 Å². The van der Waals surface area contributed by atoms with Crippen molar-refractivity contribution in [3.8, 4) is 0 Å². The maximum absolute atomic E-state index is 10.7. The Bertz CT molecular complexity index is 469. The van der Waals surface area contributed by atoms with Gasteiger partial charge in [-0.15, -0.1) is 0 Å². The van der Waals surface area contributed by atoms with Crippen molar-refractivity contribution in [3.05, 3.63) is 29.8 Å². The molecule has 5 nitrogen and oxygen atoms in total. The standard InChI is InChI=1S/C13H16N2O3S/c1-9(16)14-7-6-12(17)13(18)10-2-4-11(5-3-10)15-8-19/h2-5,12-13,17-18H,6-7H2,1H3,(H,14,16). The highest BCUT2D eigenvalue weighted by molar-refractivity contribution is 7.78. The molecular weight excluding hydrogens is 264 g/mol. The smallest absolute Gasteiger partial charge is 0.216 e. The first-order chi connectivity index (χ1) is 9.04. The number of carbonyl (C=O) groups is 1. The van der Waals surface area contributed by atoms with Gasteiger partial charge in [0.05, 0.1) is 17.0 Å². The van der Waals surface area contributed by atoms with Crippen LogP contribution in [0.4, 0.5) is 5.69 Å². The molecule has 0 aliphatic carbocycles. The van der Waals surface area contributed by atoms with Gasteiger partial charge in [-0.3, -0.25) is 4.79 Å². The van der Waals surface area contributed by atoms with Crippen LogP contribution in [-0.4, -0.2) is 33.9 Å². The molecule has 1 rings (SSSR count). The third-order valence-electron chi connectivity index (χ3n) is 2.59. The molecule has 1 amide bonds. The van der Waals surface area contributed by atoms with Crippen LogP contribution in [0.25, 0.3) is 0 Å². The molecule has 0 aliphatic heterocycles. The maximum Gasteiger partial charge on any atom is 0.216 e. The molecule has 0 radical (unpaired) electrons. The Balaban J connectivity index is 2.58. The first kappa shape index (κ1) is 15.5. The van der Waals surface area contributed by atoms with Crippen molar-refractivity contribution in [3.63, 3.8) is 0 Å². The number of aliphatic hydroxyl groups is 2. The van der Waals surface area contributed by atoms with E-state index in [1.54, 1.807) is 24.3 Å². The minimum atomic E-state index is -1.00. The van der Waals surface area contributed by atoms with Crippen LogP contribution in [-0.2, 0) is 4.79 Å². The highest BCUT2D eigenvalue weighted by Gasteiger charge is 2.17. The summed E-state index contributed by atoms with van der Waals surface area (Å²) in [6, 6.07) is 6.69. The molecule has 0 heterocycles. The summed E-state index contributed by atoms with van der Waals surface area (Å²) in [4.78, 5) is 14.5. The minimum absolute atomic E-state index is 0.163. The van der Waals surface area contributed by atoms with Gasteiger partial charge in [0, 0.05) is 13.5 Å². The van der Waals surface area contributed by atoms with Gasteiger partial charge in [-0.05, 0) is 36.3 Å². The second kappa shape index (κ2) is 7.76. The summed E-state index contributed by atoms with van der Waals surface area (Å²) in [6.45, 7) is 1.72. The molecule has 3 N–H and O–H groups in total. The average molecular weight is 280 g/mol. The Morgan fingerprint density at radius 3 is 2.58 bits per heavy atom. The lowest BCUT2D eigenvalue weighted by Gasteiger charge is -2.18. The Morgan fingerprint density at radius 2 is 2.05 bits per heavy atom. The predicted octanol–water partition coefficient (Wildman–Crippen LogP) is 1.34. The molecule has 0 fully saturated rings. The quantitative estimate of drug-likeness (QED) is 0.542. The molecule has 1 aromatic carbocycles. The summed E-state index contributed by atoms with van der Waals surface area (Å²) in [5, 5.41) is 24.6. The van der Waals surface area contributed by atoms with Gasteiger partial charge in [0.15, 0.2) is 0 Å². The van der Waals surface area contributed by atoms with Crippen molar-refractivity contribution >= 4 is 29.0 Å². The van der Waals surface area contributed by atoms with Crippen molar-refractivity contribution < 1.29 is 15.0 Å². The third-order valence-corrected chi connectivity index (χ3v) is 2.68. The van der Waals surface area contributed by atoms with E-state index in [9.17, 15) is 15.0 Å². The third kappa shape index (κ3) is 5.28. The van der Waals surface area contributed by atoms with Gasteiger partial charge in [-0.1, -0.05) is 12.1 Å². The van der Waals surface area contributed by atoms with E-state index in [-0.39, 0.29) is 12.3 Å². The van der Waals surface area contributed by atoms with Gasteiger partial charge in [0.1, 0.15) is 6.10 Å². The average Bonchev–Trinajstić information content (AvgIpc) is 2.38. The molecule has 0 saturated carbocycles. The predicted molar refractivity (Wildman–Crippen MR) is 75.4 cm³/mol. The first-order valence-corrected chi connectivity index (χ1v) is 6.24. The molecule has 0 bridgehead atoms. The molecular formula is C13H16N2O3S. The van der Waals surface area contributed by atoms with Crippen LogP contribution in [0.5, 0.6) is 0 Å². The zero-order valence-electron chi connectivity index (χ0n) is 10.5. The van der Waals surface area contributed by atoms with Crippen molar-refractivity contribution in [2.75, 3.05) is 6.54 Å². The fraction of sp³-hybridized carbons (Fsp3) is 0.385. The van der Waals surface area contributed by atoms with Crippen LogP contribution < -0.4 is 5.32 Å². The van der Waals surface area contributed by atoms with Crippen molar-refractivity contribution in [1.29, 1.82) is 0 Å². The molecule has 2 atom stereocenters. The maximum atomic E-state index is 10.7. The molecule has 1 aromatic rings. The number of amides is 1. The fourth-order valence-corrected chi connectivity index (χ4v) is 1.68. The van der Waals surface area contributed by atoms with Crippen LogP contribution in [0.15, 0.2) is 29.3 Å². The second-order valence-corrected chi connectivity index (χ2v) is 4.26. The lowest BCUT2D eigenvalue weighted by molar-refractivity contribution is -0.119. The van der Waals surface area contributed by atoms with Gasteiger partial charge < -0.3 is 15.5 Å². The number of aliphatic imine (C=N–C) groups is 1. The van der Waals surface area contributed by atoms with E-state index in [1.807, 2.05) is 0 Å². The number of nitrogens with one attached hydrogen (secondary N) is 1. The number of hydrogen-bond acceptors (Lipinski definition) is 5. The van der Waals surface area contributed by atoms with E-state index in [0.29, 0.717) is 17.8 Å². The molecule has 0 saturated heterocycles. The summed E-state index contributed by atoms with van der Waals surface area (Å²) in [5.41, 5.74) is 1.22. The van der Waals surface area contributed by atoms with E-state index >= 15 is 0 Å². The topological polar surface area (TPSA) is 81.9 Å². The van der Waals surface area contributed by atoms with Gasteiger partial charge >= 0.3 is 0 Å². The van der Waals surface area contributed by atoms with Crippen LogP contribution in [0.2, 0.25) is 0 Å². The van der Waals surface area contributed by atoms with Gasteiger partial charge in [0.25, 0.3) is 0 Å². The Morgan fingerprint density at radius 1 is 1.42 bits per heavy atom.